The van der Waals surface area contributed by atoms with Gasteiger partial charge in [-0.05, 0) is 58.7 Å². The zero-order chi connectivity index (χ0) is 19.9. The van der Waals surface area contributed by atoms with Crippen molar-refractivity contribution >= 4 is 17.6 Å². The van der Waals surface area contributed by atoms with Crippen LogP contribution in [0.3, 0.4) is 0 Å². The van der Waals surface area contributed by atoms with E-state index in [0.29, 0.717) is 36.4 Å². The predicted molar refractivity (Wildman–Crippen MR) is 104 cm³/mol. The largest absolute Gasteiger partial charge is 0.490 e. The summed E-state index contributed by atoms with van der Waals surface area (Å²) in [7, 11) is 0. The van der Waals surface area contributed by atoms with Crippen LogP contribution in [0.4, 0.5) is 5.69 Å². The lowest BCUT2D eigenvalue weighted by atomic mass is 9.83. The molecule has 0 heterocycles. The third-order valence-corrected chi connectivity index (χ3v) is 4.59. The molecule has 0 radical (unpaired) electrons. The number of carbonyl (C=O) groups excluding carboxylic acids is 2. The van der Waals surface area contributed by atoms with Gasteiger partial charge in [0.1, 0.15) is 16.9 Å². The molecule has 0 saturated heterocycles. The second-order valence-corrected chi connectivity index (χ2v) is 7.04. The highest BCUT2D eigenvalue weighted by Gasteiger charge is 2.40. The maximum Gasteiger partial charge on any atom is 0.341 e. The molecular weight excluding hydrogens is 346 g/mol. The molecule has 0 atom stereocenters. The van der Waals surface area contributed by atoms with E-state index in [1.807, 2.05) is 20.8 Å². The van der Waals surface area contributed by atoms with Crippen molar-refractivity contribution in [1.29, 1.82) is 0 Å². The van der Waals surface area contributed by atoms with Gasteiger partial charge < -0.3 is 19.5 Å². The number of esters is 1. The van der Waals surface area contributed by atoms with E-state index in [1.165, 1.54) is 0 Å². The van der Waals surface area contributed by atoms with E-state index in [-0.39, 0.29) is 18.6 Å². The molecule has 0 aromatic heterocycles. The Bertz CT molecular complexity index is 644. The number of hydrogen-bond acceptors (Lipinski definition) is 5. The summed E-state index contributed by atoms with van der Waals surface area (Å²) in [5.74, 6) is -0.184. The SMILES string of the molecule is CCOC(=O)c1cc(NC(=O)C2(OCC)CCCCC2)ccc1OC(C)C. The maximum atomic E-state index is 13.0. The minimum Gasteiger partial charge on any atom is -0.490 e. The molecule has 27 heavy (non-hydrogen) atoms. The normalized spacial score (nSPS) is 16.0. The first kappa shape index (κ1) is 21.2. The summed E-state index contributed by atoms with van der Waals surface area (Å²) in [5.41, 5.74) is 0.0470. The Kier molecular flexibility index (Phi) is 7.66. The van der Waals surface area contributed by atoms with E-state index in [1.54, 1.807) is 25.1 Å². The number of carbonyl (C=O) groups is 2. The molecule has 1 amide bonds. The van der Waals surface area contributed by atoms with E-state index in [0.717, 1.165) is 19.3 Å². The number of nitrogens with one attached hydrogen (secondary N) is 1. The van der Waals surface area contributed by atoms with Crippen LogP contribution in [-0.4, -0.2) is 36.8 Å². The van der Waals surface area contributed by atoms with Crippen LogP contribution >= 0.6 is 0 Å². The van der Waals surface area contributed by atoms with Crippen LogP contribution in [0, 0.1) is 0 Å². The summed E-state index contributed by atoms with van der Waals surface area (Å²) >= 11 is 0. The monoisotopic (exact) mass is 377 g/mol. The summed E-state index contributed by atoms with van der Waals surface area (Å²) in [6.45, 7) is 8.19. The Morgan fingerprint density at radius 3 is 2.41 bits per heavy atom. The number of anilines is 1. The van der Waals surface area contributed by atoms with Crippen molar-refractivity contribution in [1.82, 2.24) is 0 Å². The molecule has 0 bridgehead atoms. The van der Waals surface area contributed by atoms with E-state index < -0.39 is 11.6 Å². The van der Waals surface area contributed by atoms with Crippen molar-refractivity contribution in [3.05, 3.63) is 23.8 Å². The molecule has 0 spiro atoms. The number of benzene rings is 1. The van der Waals surface area contributed by atoms with Crippen molar-refractivity contribution in [2.75, 3.05) is 18.5 Å². The predicted octanol–water partition coefficient (Wildman–Crippen LogP) is 4.33. The van der Waals surface area contributed by atoms with Gasteiger partial charge in [0.05, 0.1) is 12.7 Å². The first-order valence-corrected chi connectivity index (χ1v) is 9.85. The lowest BCUT2D eigenvalue weighted by molar-refractivity contribution is -0.145. The summed E-state index contributed by atoms with van der Waals surface area (Å²) in [6, 6.07) is 5.03. The summed E-state index contributed by atoms with van der Waals surface area (Å²) in [5, 5.41) is 2.93. The van der Waals surface area contributed by atoms with Crippen molar-refractivity contribution in [2.24, 2.45) is 0 Å². The maximum absolute atomic E-state index is 13.0. The first-order valence-electron chi connectivity index (χ1n) is 9.85. The third-order valence-electron chi connectivity index (χ3n) is 4.59. The molecule has 1 aromatic rings. The smallest absolute Gasteiger partial charge is 0.341 e. The molecule has 1 aromatic carbocycles. The number of hydrogen-bond donors (Lipinski definition) is 1. The van der Waals surface area contributed by atoms with Crippen LogP contribution < -0.4 is 10.1 Å². The van der Waals surface area contributed by atoms with Crippen molar-refractivity contribution in [3.8, 4) is 5.75 Å². The van der Waals surface area contributed by atoms with Crippen molar-refractivity contribution in [2.45, 2.75) is 71.5 Å². The van der Waals surface area contributed by atoms with Crippen LogP contribution in [0.5, 0.6) is 5.75 Å². The molecule has 6 heteroatoms. The van der Waals surface area contributed by atoms with E-state index >= 15 is 0 Å². The summed E-state index contributed by atoms with van der Waals surface area (Å²) in [6.07, 6.45) is 4.42. The minimum atomic E-state index is -0.788. The molecule has 2 rings (SSSR count). The molecule has 1 N–H and O–H groups in total. The van der Waals surface area contributed by atoms with Gasteiger partial charge in [-0.3, -0.25) is 4.79 Å². The van der Waals surface area contributed by atoms with Crippen LogP contribution in [0.25, 0.3) is 0 Å². The third kappa shape index (κ3) is 5.45. The molecular formula is C21H31NO5. The first-order chi connectivity index (χ1) is 12.9. The van der Waals surface area contributed by atoms with Crippen LogP contribution in [0.2, 0.25) is 0 Å². The fraction of sp³-hybridized carbons (Fsp3) is 0.619. The minimum absolute atomic E-state index is 0.0814. The zero-order valence-electron chi connectivity index (χ0n) is 16.8. The quantitative estimate of drug-likeness (QED) is 0.683. The molecule has 150 valence electrons. The number of amides is 1. The van der Waals surface area contributed by atoms with Gasteiger partial charge in [-0.1, -0.05) is 19.3 Å². The summed E-state index contributed by atoms with van der Waals surface area (Å²) < 4.78 is 16.7. The van der Waals surface area contributed by atoms with Crippen molar-refractivity contribution in [3.63, 3.8) is 0 Å². The van der Waals surface area contributed by atoms with Gasteiger partial charge in [0.15, 0.2) is 0 Å². The van der Waals surface area contributed by atoms with Gasteiger partial charge in [0.25, 0.3) is 5.91 Å². The lowest BCUT2D eigenvalue weighted by Crippen LogP contribution is -2.47. The lowest BCUT2D eigenvalue weighted by Gasteiger charge is -2.35. The average molecular weight is 377 g/mol. The summed E-state index contributed by atoms with van der Waals surface area (Å²) in [4.78, 5) is 25.3. The highest BCUT2D eigenvalue weighted by Crippen LogP contribution is 2.33. The van der Waals surface area contributed by atoms with Gasteiger partial charge in [-0.15, -0.1) is 0 Å². The van der Waals surface area contributed by atoms with Gasteiger partial charge in [0.2, 0.25) is 0 Å². The van der Waals surface area contributed by atoms with Crippen molar-refractivity contribution < 1.29 is 23.8 Å². The van der Waals surface area contributed by atoms with Gasteiger partial charge in [0, 0.05) is 12.3 Å². The molecule has 1 aliphatic carbocycles. The number of ether oxygens (including phenoxy) is 3. The van der Waals surface area contributed by atoms with Gasteiger partial charge >= 0.3 is 5.97 Å². The van der Waals surface area contributed by atoms with Gasteiger partial charge in [-0.2, -0.15) is 0 Å². The zero-order valence-corrected chi connectivity index (χ0v) is 16.8. The fourth-order valence-corrected chi connectivity index (χ4v) is 3.41. The Morgan fingerprint density at radius 1 is 1.11 bits per heavy atom. The fourth-order valence-electron chi connectivity index (χ4n) is 3.41. The Labute approximate surface area is 161 Å². The Hall–Kier alpha value is -2.08. The molecule has 1 aliphatic rings. The molecule has 0 aliphatic heterocycles. The van der Waals surface area contributed by atoms with Crippen LogP contribution in [0.1, 0.15) is 70.2 Å². The van der Waals surface area contributed by atoms with E-state index in [2.05, 4.69) is 5.32 Å². The highest BCUT2D eigenvalue weighted by atomic mass is 16.5. The number of rotatable bonds is 8. The molecule has 0 unspecified atom stereocenters. The Balaban J connectivity index is 2.25. The highest BCUT2D eigenvalue weighted by molar-refractivity contribution is 5.99. The second kappa shape index (κ2) is 9.74. The molecule has 1 fully saturated rings. The molecule has 6 nitrogen and oxygen atoms in total. The second-order valence-electron chi connectivity index (χ2n) is 7.04. The van der Waals surface area contributed by atoms with E-state index in [4.69, 9.17) is 14.2 Å². The standard InChI is InChI=1S/C21H31NO5/c1-5-25-19(23)17-14-16(10-11-18(17)27-15(3)4)22-20(24)21(26-6-2)12-8-7-9-13-21/h10-11,14-15H,5-9,12-13H2,1-4H3,(H,22,24). The Morgan fingerprint density at radius 2 is 1.81 bits per heavy atom. The molecule has 1 saturated carbocycles. The van der Waals surface area contributed by atoms with Crippen LogP contribution in [-0.2, 0) is 14.3 Å². The average Bonchev–Trinajstić information content (AvgIpc) is 2.63. The topological polar surface area (TPSA) is 73.9 Å². The van der Waals surface area contributed by atoms with Crippen LogP contribution in [0.15, 0.2) is 18.2 Å². The van der Waals surface area contributed by atoms with Gasteiger partial charge in [-0.25, -0.2) is 4.79 Å². The van der Waals surface area contributed by atoms with E-state index in [9.17, 15) is 9.59 Å².